The Labute approximate surface area is 221 Å². The number of halogens is 4. The molecule has 34 heavy (non-hydrogen) atoms. The van der Waals surface area contributed by atoms with Crippen molar-refractivity contribution < 1.29 is 4.79 Å². The summed E-state index contributed by atoms with van der Waals surface area (Å²) in [5, 5.41) is 9.87. The molecule has 1 aliphatic rings. The Hall–Kier alpha value is -2.27. The second-order valence-electron chi connectivity index (χ2n) is 7.87. The number of amides is 1. The summed E-state index contributed by atoms with van der Waals surface area (Å²) in [5.41, 5.74) is 3.39. The van der Waals surface area contributed by atoms with Gasteiger partial charge in [0, 0.05) is 50.5 Å². The molecule has 1 saturated heterocycles. The zero-order chi connectivity index (χ0) is 22.5. The van der Waals surface area contributed by atoms with E-state index >= 15 is 0 Å². The molecule has 0 saturated carbocycles. The maximum absolute atomic E-state index is 13.0. The summed E-state index contributed by atoms with van der Waals surface area (Å²) in [6.07, 6.45) is 4.62. The highest BCUT2D eigenvalue weighted by atomic mass is 35.5. The van der Waals surface area contributed by atoms with Crippen LogP contribution in [0.15, 0.2) is 55.0 Å². The van der Waals surface area contributed by atoms with Crippen LogP contribution in [-0.4, -0.2) is 51.4 Å². The third-order valence-corrected chi connectivity index (χ3v) is 6.21. The van der Waals surface area contributed by atoms with Gasteiger partial charge in [-0.15, -0.1) is 24.8 Å². The lowest BCUT2D eigenvalue weighted by molar-refractivity contribution is 0.0761. The minimum Gasteiger partial charge on any atom is -0.337 e. The molecule has 0 spiro atoms. The minimum atomic E-state index is -0.0561. The summed E-state index contributed by atoms with van der Waals surface area (Å²) in [6, 6.07) is 14.7. The van der Waals surface area contributed by atoms with Crippen LogP contribution in [0.1, 0.15) is 33.6 Å². The number of aromatic nitrogens is 2. The van der Waals surface area contributed by atoms with Crippen molar-refractivity contribution in [2.45, 2.75) is 19.5 Å². The molecule has 0 unspecified atom stereocenters. The highest BCUT2D eigenvalue weighted by Crippen LogP contribution is 2.23. The van der Waals surface area contributed by atoms with Crippen molar-refractivity contribution in [1.82, 2.24) is 19.4 Å². The molecule has 4 rings (SSSR count). The fourth-order valence-corrected chi connectivity index (χ4v) is 4.39. The smallest absolute Gasteiger partial charge is 0.255 e. The number of rotatable bonds is 5. The number of imidazole rings is 1. The monoisotopic (exact) mass is 539 g/mol. The maximum atomic E-state index is 13.0. The molecule has 0 N–H and O–H groups in total. The number of benzene rings is 2. The van der Waals surface area contributed by atoms with Crippen molar-refractivity contribution in [3.63, 3.8) is 0 Å². The molecular weight excluding hydrogens is 516 g/mol. The molecule has 0 aliphatic carbocycles. The fourth-order valence-electron chi connectivity index (χ4n) is 3.90. The Bertz CT molecular complexity index is 1140. The summed E-state index contributed by atoms with van der Waals surface area (Å²) < 4.78 is 2.13. The van der Waals surface area contributed by atoms with E-state index in [9.17, 15) is 4.79 Å². The van der Waals surface area contributed by atoms with E-state index in [1.165, 1.54) is 0 Å². The van der Waals surface area contributed by atoms with Crippen molar-refractivity contribution >= 4 is 53.9 Å². The zero-order valence-corrected chi connectivity index (χ0v) is 21.5. The first kappa shape index (κ1) is 28.0. The first-order chi connectivity index (χ1) is 15.5. The lowest BCUT2D eigenvalue weighted by Crippen LogP contribution is -2.35. The number of hydrogen-bond donors (Lipinski definition) is 0. The van der Waals surface area contributed by atoms with Gasteiger partial charge in [0.05, 0.1) is 34.2 Å². The van der Waals surface area contributed by atoms with Crippen LogP contribution < -0.4 is 0 Å². The van der Waals surface area contributed by atoms with Crippen LogP contribution in [0.5, 0.6) is 0 Å². The molecule has 1 fully saturated rings. The van der Waals surface area contributed by atoms with Crippen LogP contribution in [0.2, 0.25) is 10.0 Å². The van der Waals surface area contributed by atoms with Gasteiger partial charge in [-0.1, -0.05) is 35.3 Å². The number of carbonyl (C=O) groups is 1. The molecule has 1 aliphatic heterocycles. The van der Waals surface area contributed by atoms with Gasteiger partial charge in [-0.3, -0.25) is 9.69 Å². The van der Waals surface area contributed by atoms with Crippen LogP contribution >= 0.6 is 48.0 Å². The van der Waals surface area contributed by atoms with Gasteiger partial charge in [-0.2, -0.15) is 5.26 Å². The van der Waals surface area contributed by atoms with Gasteiger partial charge in [0.1, 0.15) is 0 Å². The molecule has 6 nitrogen and oxygen atoms in total. The standard InChI is InChI=1S/C24H23Cl2N5O.2ClH/c25-20-6-7-22(23(26)12-20)24(32)30-9-1-8-29(10-11-30)16-21-14-28-17-31(21)15-19-4-2-18(13-27)3-5-19;;/h2-7,12,14,17H,1,8-11,15-16H2;2*1H. The zero-order valence-electron chi connectivity index (χ0n) is 18.4. The highest BCUT2D eigenvalue weighted by molar-refractivity contribution is 6.36. The Balaban J connectivity index is 0.00000204. The third-order valence-electron chi connectivity index (χ3n) is 5.66. The molecule has 2 aromatic carbocycles. The summed E-state index contributed by atoms with van der Waals surface area (Å²) in [5.74, 6) is -0.0561. The SMILES string of the molecule is Cl.Cl.N#Cc1ccc(Cn2cncc2CN2CCCN(C(=O)c3ccc(Cl)cc3Cl)CC2)cc1. The predicted octanol–water partition coefficient (Wildman–Crippen LogP) is 5.30. The summed E-state index contributed by atoms with van der Waals surface area (Å²) >= 11 is 12.2. The van der Waals surface area contributed by atoms with Gasteiger partial charge >= 0.3 is 0 Å². The van der Waals surface area contributed by atoms with Crippen LogP contribution in [0.3, 0.4) is 0 Å². The Morgan fingerprint density at radius 1 is 1.00 bits per heavy atom. The molecule has 0 atom stereocenters. The molecule has 0 radical (unpaired) electrons. The highest BCUT2D eigenvalue weighted by Gasteiger charge is 2.22. The molecule has 2 heterocycles. The Morgan fingerprint density at radius 3 is 2.47 bits per heavy atom. The average molecular weight is 541 g/mol. The number of hydrogen-bond acceptors (Lipinski definition) is 4. The number of nitriles is 1. The predicted molar refractivity (Wildman–Crippen MR) is 139 cm³/mol. The van der Waals surface area contributed by atoms with Crippen molar-refractivity contribution in [2.75, 3.05) is 26.2 Å². The van der Waals surface area contributed by atoms with Crippen molar-refractivity contribution in [3.8, 4) is 6.07 Å². The Morgan fingerprint density at radius 2 is 1.76 bits per heavy atom. The second-order valence-corrected chi connectivity index (χ2v) is 8.71. The van der Waals surface area contributed by atoms with Gasteiger partial charge < -0.3 is 9.47 Å². The lowest BCUT2D eigenvalue weighted by Gasteiger charge is -2.23. The first-order valence-electron chi connectivity index (χ1n) is 10.5. The van der Waals surface area contributed by atoms with Crippen molar-refractivity contribution in [3.05, 3.63) is 87.4 Å². The normalized spacial score (nSPS) is 13.9. The molecule has 1 aromatic heterocycles. The summed E-state index contributed by atoms with van der Waals surface area (Å²) in [4.78, 5) is 21.5. The van der Waals surface area contributed by atoms with Crippen LogP contribution in [0, 0.1) is 11.3 Å². The number of nitrogens with zero attached hydrogens (tertiary/aromatic N) is 5. The topological polar surface area (TPSA) is 65.2 Å². The van der Waals surface area contributed by atoms with Gasteiger partial charge in [0.15, 0.2) is 0 Å². The molecule has 180 valence electrons. The molecule has 10 heteroatoms. The second kappa shape index (κ2) is 13.0. The third kappa shape index (κ3) is 6.88. The average Bonchev–Trinajstić information content (AvgIpc) is 3.08. The van der Waals surface area contributed by atoms with Crippen LogP contribution in [0.25, 0.3) is 0 Å². The van der Waals surface area contributed by atoms with Crippen LogP contribution in [0.4, 0.5) is 0 Å². The first-order valence-corrected chi connectivity index (χ1v) is 11.2. The Kier molecular flexibility index (Phi) is 10.7. The minimum absolute atomic E-state index is 0. The summed E-state index contributed by atoms with van der Waals surface area (Å²) in [6.45, 7) is 4.48. The maximum Gasteiger partial charge on any atom is 0.255 e. The van der Waals surface area contributed by atoms with E-state index in [4.69, 9.17) is 28.5 Å². The van der Waals surface area contributed by atoms with Gasteiger partial charge in [-0.05, 0) is 42.3 Å². The summed E-state index contributed by atoms with van der Waals surface area (Å²) in [7, 11) is 0. The quantitative estimate of drug-likeness (QED) is 0.440. The van der Waals surface area contributed by atoms with Gasteiger partial charge in [0.2, 0.25) is 0 Å². The van der Waals surface area contributed by atoms with E-state index in [-0.39, 0.29) is 30.7 Å². The van der Waals surface area contributed by atoms with Crippen molar-refractivity contribution in [1.29, 1.82) is 5.26 Å². The number of carbonyl (C=O) groups excluding carboxylic acids is 1. The molecular formula is C24H25Cl4N5O. The molecule has 1 amide bonds. The molecule has 3 aromatic rings. The lowest BCUT2D eigenvalue weighted by atomic mass is 10.1. The van der Waals surface area contributed by atoms with Crippen LogP contribution in [-0.2, 0) is 13.1 Å². The van der Waals surface area contributed by atoms with E-state index in [2.05, 4.69) is 20.5 Å². The van der Waals surface area contributed by atoms with Crippen molar-refractivity contribution in [2.24, 2.45) is 0 Å². The van der Waals surface area contributed by atoms with Gasteiger partial charge in [0.25, 0.3) is 5.91 Å². The van der Waals surface area contributed by atoms with Gasteiger partial charge in [-0.25, -0.2) is 4.98 Å². The largest absolute Gasteiger partial charge is 0.337 e. The van der Waals surface area contributed by atoms with E-state index in [1.54, 1.807) is 18.2 Å². The van der Waals surface area contributed by atoms with E-state index < -0.39 is 0 Å². The van der Waals surface area contributed by atoms with E-state index in [0.717, 1.165) is 37.3 Å². The van der Waals surface area contributed by atoms with E-state index in [0.29, 0.717) is 40.8 Å². The molecule has 0 bridgehead atoms. The fraction of sp³-hybridized carbons (Fsp3) is 0.292. The van der Waals surface area contributed by atoms with E-state index in [1.807, 2.05) is 41.7 Å².